The van der Waals surface area contributed by atoms with Crippen LogP contribution in [0.25, 0.3) is 0 Å². The lowest BCUT2D eigenvalue weighted by Gasteiger charge is -2.11. The lowest BCUT2D eigenvalue weighted by atomic mass is 10.1. The van der Waals surface area contributed by atoms with Crippen LogP contribution in [0.15, 0.2) is 0 Å². The number of carboxylic acids is 1. The lowest BCUT2D eigenvalue weighted by Crippen LogP contribution is -2.36. The van der Waals surface area contributed by atoms with E-state index < -0.39 is 12.0 Å². The molecule has 0 aliphatic carbocycles. The third-order valence-corrected chi connectivity index (χ3v) is 1.19. The summed E-state index contributed by atoms with van der Waals surface area (Å²) in [6, 6.07) is -0.477. The van der Waals surface area contributed by atoms with Crippen molar-refractivity contribution in [2.24, 2.45) is 11.7 Å². The lowest BCUT2D eigenvalue weighted by molar-refractivity contribution is -0.143. The van der Waals surface area contributed by atoms with E-state index >= 15 is 0 Å². The number of hydrogen-bond donors (Lipinski definition) is 2. The normalized spacial score (nSPS) is 11.2. The van der Waals surface area contributed by atoms with E-state index in [1.165, 1.54) is 7.11 Å². The van der Waals surface area contributed by atoms with Crippen LogP contribution in [-0.4, -0.2) is 30.2 Å². The van der Waals surface area contributed by atoms with Gasteiger partial charge in [0.25, 0.3) is 5.97 Å². The predicted molar refractivity (Wildman–Crippen MR) is 48.1 cm³/mol. The Balaban J connectivity index is 0. The Morgan fingerprint density at radius 2 is 1.69 bits per heavy atom. The molecule has 0 aromatic rings. The summed E-state index contributed by atoms with van der Waals surface area (Å²) in [5.74, 6) is -1.03. The van der Waals surface area contributed by atoms with Gasteiger partial charge in [-0.25, -0.2) is 0 Å². The van der Waals surface area contributed by atoms with Crippen molar-refractivity contribution in [2.75, 3.05) is 7.11 Å². The average molecular weight is 191 g/mol. The van der Waals surface area contributed by atoms with Gasteiger partial charge >= 0.3 is 5.97 Å². The number of esters is 1. The summed E-state index contributed by atoms with van der Waals surface area (Å²) in [7, 11) is 1.34. The van der Waals surface area contributed by atoms with E-state index in [4.69, 9.17) is 15.6 Å². The Morgan fingerprint density at radius 3 is 1.77 bits per heavy atom. The minimum atomic E-state index is -0.833. The minimum absolute atomic E-state index is 0.150. The van der Waals surface area contributed by atoms with E-state index in [2.05, 4.69) is 4.74 Å². The molecule has 1 atom stereocenters. The summed E-state index contributed by atoms with van der Waals surface area (Å²) < 4.78 is 4.41. The van der Waals surface area contributed by atoms with Gasteiger partial charge in [-0.3, -0.25) is 9.59 Å². The van der Waals surface area contributed by atoms with E-state index in [9.17, 15) is 4.79 Å². The molecule has 0 rings (SSSR count). The fourth-order valence-corrected chi connectivity index (χ4v) is 0.408. The van der Waals surface area contributed by atoms with Crippen LogP contribution in [0.1, 0.15) is 20.8 Å². The molecule has 0 aromatic heterocycles. The fraction of sp³-hybridized carbons (Fsp3) is 0.750. The van der Waals surface area contributed by atoms with Crippen LogP contribution < -0.4 is 5.73 Å². The molecule has 3 N–H and O–H groups in total. The van der Waals surface area contributed by atoms with Crippen molar-refractivity contribution in [3.8, 4) is 0 Å². The molecule has 5 heteroatoms. The molecule has 0 heterocycles. The highest BCUT2D eigenvalue weighted by Gasteiger charge is 2.16. The van der Waals surface area contributed by atoms with Gasteiger partial charge in [-0.1, -0.05) is 13.8 Å². The number of hydrogen-bond acceptors (Lipinski definition) is 4. The first-order valence-corrected chi connectivity index (χ1v) is 3.85. The maximum atomic E-state index is 10.6. The Morgan fingerprint density at radius 1 is 1.38 bits per heavy atom. The highest BCUT2D eigenvalue weighted by Crippen LogP contribution is 1.98. The monoisotopic (exact) mass is 191 g/mol. The van der Waals surface area contributed by atoms with E-state index in [1.807, 2.05) is 13.8 Å². The van der Waals surface area contributed by atoms with Gasteiger partial charge in [-0.2, -0.15) is 0 Å². The van der Waals surface area contributed by atoms with Crippen molar-refractivity contribution < 1.29 is 19.4 Å². The van der Waals surface area contributed by atoms with Gasteiger partial charge in [0.2, 0.25) is 0 Å². The van der Waals surface area contributed by atoms with Crippen molar-refractivity contribution in [3.63, 3.8) is 0 Å². The van der Waals surface area contributed by atoms with Crippen molar-refractivity contribution in [1.29, 1.82) is 0 Å². The Labute approximate surface area is 77.9 Å². The van der Waals surface area contributed by atoms with Crippen LogP contribution in [-0.2, 0) is 14.3 Å². The zero-order valence-corrected chi connectivity index (χ0v) is 8.40. The van der Waals surface area contributed by atoms with Crippen LogP contribution in [0.4, 0.5) is 0 Å². The summed E-state index contributed by atoms with van der Waals surface area (Å²) in [6.07, 6.45) is 0. The van der Waals surface area contributed by atoms with Gasteiger partial charge in [0.15, 0.2) is 0 Å². The third-order valence-electron chi connectivity index (χ3n) is 1.19. The van der Waals surface area contributed by atoms with E-state index in [-0.39, 0.29) is 11.9 Å². The average Bonchev–Trinajstić information content (AvgIpc) is 2.00. The first-order valence-electron chi connectivity index (χ1n) is 3.85. The Kier molecular flexibility index (Phi) is 8.37. The number of carbonyl (C=O) groups excluding carboxylic acids is 1. The SMILES string of the molecule is CC(=O)O.COC(=O)[C@@H](N)C(C)C. The molecule has 13 heavy (non-hydrogen) atoms. The summed E-state index contributed by atoms with van der Waals surface area (Å²) in [5, 5.41) is 7.42. The predicted octanol–water partition coefficient (Wildman–Crippen LogP) is 0.234. The fourth-order valence-electron chi connectivity index (χ4n) is 0.408. The number of carbonyl (C=O) groups is 2. The molecule has 0 saturated heterocycles. The molecule has 0 fully saturated rings. The molecule has 0 amide bonds. The van der Waals surface area contributed by atoms with Crippen molar-refractivity contribution in [3.05, 3.63) is 0 Å². The maximum absolute atomic E-state index is 10.6. The molecular weight excluding hydrogens is 174 g/mol. The minimum Gasteiger partial charge on any atom is -0.481 e. The molecule has 5 nitrogen and oxygen atoms in total. The van der Waals surface area contributed by atoms with Gasteiger partial charge < -0.3 is 15.6 Å². The standard InChI is InChI=1S/C6H13NO2.C2H4O2/c1-4(2)5(7)6(8)9-3;1-2(3)4/h4-5H,7H2,1-3H3;1H3,(H,3,4)/t5-;/m0./s1. The number of methoxy groups -OCH3 is 1. The quantitative estimate of drug-likeness (QED) is 0.610. The Bertz CT molecular complexity index is 164. The van der Waals surface area contributed by atoms with Crippen molar-refractivity contribution in [2.45, 2.75) is 26.8 Å². The second-order valence-corrected chi connectivity index (χ2v) is 2.81. The van der Waals surface area contributed by atoms with Crippen molar-refractivity contribution >= 4 is 11.9 Å². The summed E-state index contributed by atoms with van der Waals surface area (Å²) in [5.41, 5.74) is 5.40. The molecule has 0 aromatic carbocycles. The maximum Gasteiger partial charge on any atom is 0.322 e. The van der Waals surface area contributed by atoms with Crippen LogP contribution in [0, 0.1) is 5.92 Å². The van der Waals surface area contributed by atoms with Gasteiger partial charge in [0.05, 0.1) is 7.11 Å². The van der Waals surface area contributed by atoms with E-state index in [0.717, 1.165) is 6.92 Å². The number of aliphatic carboxylic acids is 1. The van der Waals surface area contributed by atoms with Crippen molar-refractivity contribution in [1.82, 2.24) is 0 Å². The molecule has 0 saturated carbocycles. The molecule has 78 valence electrons. The highest BCUT2D eigenvalue weighted by molar-refractivity contribution is 5.75. The van der Waals surface area contributed by atoms with Gasteiger partial charge in [0, 0.05) is 6.92 Å². The first-order chi connectivity index (χ1) is 5.82. The number of carboxylic acid groups (broad SMARTS) is 1. The second kappa shape index (κ2) is 7.54. The second-order valence-electron chi connectivity index (χ2n) is 2.81. The van der Waals surface area contributed by atoms with Crippen LogP contribution in [0.3, 0.4) is 0 Å². The van der Waals surface area contributed by atoms with Gasteiger partial charge in [-0.15, -0.1) is 0 Å². The molecule has 0 unspecified atom stereocenters. The largest absolute Gasteiger partial charge is 0.481 e. The molecule has 0 radical (unpaired) electrons. The zero-order valence-electron chi connectivity index (χ0n) is 8.40. The van der Waals surface area contributed by atoms with E-state index in [1.54, 1.807) is 0 Å². The summed E-state index contributed by atoms with van der Waals surface area (Å²) in [6.45, 7) is 4.84. The van der Waals surface area contributed by atoms with Crippen LogP contribution >= 0.6 is 0 Å². The van der Waals surface area contributed by atoms with E-state index in [0.29, 0.717) is 0 Å². The van der Waals surface area contributed by atoms with Crippen LogP contribution in [0.5, 0.6) is 0 Å². The first kappa shape index (κ1) is 14.4. The Hall–Kier alpha value is -1.10. The molecule has 0 aliphatic rings. The summed E-state index contributed by atoms with van der Waals surface area (Å²) >= 11 is 0. The number of ether oxygens (including phenoxy) is 1. The zero-order chi connectivity index (χ0) is 11.0. The van der Waals surface area contributed by atoms with Gasteiger partial charge in [0.1, 0.15) is 6.04 Å². The third kappa shape index (κ3) is 10.9. The number of nitrogens with two attached hydrogens (primary N) is 1. The molecule has 0 bridgehead atoms. The number of rotatable bonds is 2. The highest BCUT2D eigenvalue weighted by atomic mass is 16.5. The molecule has 0 spiro atoms. The topological polar surface area (TPSA) is 89.6 Å². The molecular formula is C8H17NO4. The van der Waals surface area contributed by atoms with Crippen LogP contribution in [0.2, 0.25) is 0 Å². The molecule has 0 aliphatic heterocycles. The smallest absolute Gasteiger partial charge is 0.322 e. The van der Waals surface area contributed by atoms with Gasteiger partial charge in [-0.05, 0) is 5.92 Å². The summed E-state index contributed by atoms with van der Waals surface area (Å²) in [4.78, 5) is 19.6.